The Morgan fingerprint density at radius 3 is 1.10 bits per heavy atom. The second-order valence-electron chi connectivity index (χ2n) is 11.7. The fraction of sp³-hybridized carbons (Fsp3) is 0.889. The number of carboxylic acid groups (broad SMARTS) is 2. The van der Waals surface area contributed by atoms with Crippen LogP contribution in [-0.4, -0.2) is 47.3 Å². The van der Waals surface area contributed by atoms with Crippen LogP contribution in [0.2, 0.25) is 8.87 Å². The Morgan fingerprint density at radius 2 is 0.854 bits per heavy atom. The number of phosphoric ester groups is 1. The van der Waals surface area contributed by atoms with Crippen LogP contribution < -0.4 is 10.2 Å². The summed E-state index contributed by atoms with van der Waals surface area (Å²) in [5.74, 6) is -1.82. The Morgan fingerprint density at radius 1 is 0.562 bits per heavy atom. The van der Waals surface area contributed by atoms with Crippen molar-refractivity contribution >= 4 is 64.1 Å². The molecule has 0 bridgehead atoms. The van der Waals surface area contributed by atoms with E-state index in [-0.39, 0.29) is 38.5 Å². The van der Waals surface area contributed by atoms with Gasteiger partial charge in [0.25, 0.3) is 0 Å². The van der Waals surface area contributed by atoms with E-state index in [1.165, 1.54) is 130 Å². The molecule has 0 atom stereocenters. The van der Waals surface area contributed by atoms with Crippen molar-refractivity contribution in [1.82, 2.24) is 0 Å². The number of aliphatic carboxylic acids is 2. The third kappa shape index (κ3) is 58.2. The van der Waals surface area contributed by atoms with E-state index in [4.69, 9.17) is 23.2 Å². The summed E-state index contributed by atoms with van der Waals surface area (Å²) in [6.07, 6.45) is 29.0. The van der Waals surface area contributed by atoms with Crippen molar-refractivity contribution in [3.05, 3.63) is 10.8 Å². The topological polar surface area (TPSA) is 125 Å². The van der Waals surface area contributed by atoms with Gasteiger partial charge in [0.2, 0.25) is 0 Å². The Bertz CT molecular complexity index is 695. The Kier molecular flexibility index (Phi) is 53.6. The number of phosphoric acid groups is 1. The van der Waals surface area contributed by atoms with Crippen LogP contribution in [0.1, 0.15) is 182 Å². The maximum atomic E-state index is 11.0. The quantitative estimate of drug-likeness (QED) is 0.0303. The number of carbonyl (C=O) groups is 2. The first-order valence-electron chi connectivity index (χ1n) is 18.5. The molecule has 0 aromatic rings. The van der Waals surface area contributed by atoms with Gasteiger partial charge in [0.1, 0.15) is 10.8 Å². The standard InChI is InChI=1S/2C12H24O2.C4H7Cl2O4P.2C4H9.Sn/c2*1-2-3-4-5-6-7-8-9-10-11-12(13)14;1-8-11(7,9-2)10-3-4(5)6;2*1-3-4-2;/h2*2-11H2,1H3,(H,13,14);3H,1-2H3;2*1,3-4H2,2H3;/q;;;;;+2/p-2. The van der Waals surface area contributed by atoms with Crippen LogP contribution in [0.4, 0.5) is 0 Å². The van der Waals surface area contributed by atoms with Crippen LogP contribution in [0.3, 0.4) is 0 Å². The van der Waals surface area contributed by atoms with Gasteiger partial charge in [0.15, 0.2) is 0 Å². The van der Waals surface area contributed by atoms with Gasteiger partial charge in [-0.1, -0.05) is 140 Å². The molecule has 12 heteroatoms. The van der Waals surface area contributed by atoms with Crippen LogP contribution in [0, 0.1) is 0 Å². The molecular weight excluding hydrogens is 781 g/mol. The molecule has 8 nitrogen and oxygen atoms in total. The summed E-state index contributed by atoms with van der Waals surface area (Å²) < 4.78 is 27.4. The van der Waals surface area contributed by atoms with E-state index < -0.39 is 19.8 Å². The maximum absolute atomic E-state index is 11.0. The number of unbranched alkanes of at least 4 members (excludes halogenated alkanes) is 18. The summed E-state index contributed by atoms with van der Waals surface area (Å²) in [4.78, 5) is 20.2. The fourth-order valence-electron chi connectivity index (χ4n) is 4.15. The molecule has 0 aromatic carbocycles. The van der Waals surface area contributed by atoms with Crippen LogP contribution >= 0.6 is 31.0 Å². The van der Waals surface area contributed by atoms with Gasteiger partial charge >= 0.3 is 77.4 Å². The van der Waals surface area contributed by atoms with Crippen molar-refractivity contribution in [3.63, 3.8) is 0 Å². The van der Waals surface area contributed by atoms with E-state index in [2.05, 4.69) is 41.3 Å². The number of hydrogen-bond acceptors (Lipinski definition) is 8. The normalized spacial score (nSPS) is 10.2. The van der Waals surface area contributed by atoms with Gasteiger partial charge in [-0.2, -0.15) is 0 Å². The maximum Gasteiger partial charge on any atom is 0.529 e. The molecule has 48 heavy (non-hydrogen) atoms. The molecule has 0 aromatic heterocycles. The van der Waals surface area contributed by atoms with E-state index in [1.54, 1.807) is 8.87 Å². The molecule has 0 amide bonds. The summed E-state index contributed by atoms with van der Waals surface area (Å²) >= 11 is 10.5. The first-order valence-corrected chi connectivity index (χ1v) is 24.8. The van der Waals surface area contributed by atoms with Crippen LogP contribution in [0.5, 0.6) is 0 Å². The monoisotopic (exact) mass is 852 g/mol. The molecular formula is C36H71Cl2O8PSn. The largest absolute Gasteiger partial charge is 0.529 e. The minimum Gasteiger partial charge on any atom is -0.409 e. The zero-order valence-corrected chi connectivity index (χ0v) is 36.7. The van der Waals surface area contributed by atoms with Crippen molar-refractivity contribution in [3.8, 4) is 0 Å². The van der Waals surface area contributed by atoms with Gasteiger partial charge in [0.05, 0.1) is 0 Å². The van der Waals surface area contributed by atoms with Gasteiger partial charge in [-0.15, -0.1) is 0 Å². The van der Waals surface area contributed by atoms with Crippen LogP contribution in [0.25, 0.3) is 0 Å². The summed E-state index contributed by atoms with van der Waals surface area (Å²) in [5, 5.41) is 20.2. The van der Waals surface area contributed by atoms with Gasteiger partial charge in [-0.05, 0) is 25.7 Å². The molecule has 0 rings (SSSR count). The SMILES string of the molecule is CCCCCCCCCCCC(=O)[O-].CCCCCCCCCCCC(=O)[O-].CCC[CH2][Sn+2][CH2]CCC.COP(=O)(OC)OC=C(Cl)Cl. The number of hydrogen-bond donors (Lipinski definition) is 0. The third-order valence-corrected chi connectivity index (χ3v) is 12.6. The van der Waals surface area contributed by atoms with Gasteiger partial charge in [0, 0.05) is 26.2 Å². The molecule has 0 aliphatic carbocycles. The van der Waals surface area contributed by atoms with Gasteiger partial charge in [-0.25, -0.2) is 4.57 Å². The van der Waals surface area contributed by atoms with Crippen molar-refractivity contribution in [2.24, 2.45) is 0 Å². The molecule has 0 aliphatic heterocycles. The molecule has 0 aliphatic rings. The minimum atomic E-state index is -3.48. The summed E-state index contributed by atoms with van der Waals surface area (Å²) in [7, 11) is -1.12. The first kappa shape index (κ1) is 54.8. The first-order chi connectivity index (χ1) is 23.0. The summed E-state index contributed by atoms with van der Waals surface area (Å²) in [6, 6.07) is 0. The number of carboxylic acids is 2. The average Bonchev–Trinajstić information content (AvgIpc) is 3.06. The van der Waals surface area contributed by atoms with Crippen LogP contribution in [0.15, 0.2) is 10.8 Å². The molecule has 286 valence electrons. The van der Waals surface area contributed by atoms with Gasteiger partial charge < -0.3 is 24.3 Å². The fourth-order valence-corrected chi connectivity index (χ4v) is 9.08. The van der Waals surface area contributed by atoms with E-state index in [0.29, 0.717) is 0 Å². The second-order valence-corrected chi connectivity index (χ2v) is 18.8. The molecule has 0 saturated carbocycles. The zero-order valence-electron chi connectivity index (χ0n) is 31.4. The van der Waals surface area contributed by atoms with E-state index in [0.717, 1.165) is 31.9 Å². The van der Waals surface area contributed by atoms with Crippen LogP contribution in [-0.2, 0) is 27.7 Å². The van der Waals surface area contributed by atoms with Crippen molar-refractivity contribution in [2.45, 2.75) is 191 Å². The Balaban J connectivity index is -0.000000273. The molecule has 0 N–H and O–H groups in total. The molecule has 0 fully saturated rings. The van der Waals surface area contributed by atoms with E-state index in [1.807, 2.05) is 0 Å². The van der Waals surface area contributed by atoms with Crippen molar-refractivity contribution in [2.75, 3.05) is 14.2 Å². The predicted octanol–water partition coefficient (Wildman–Crippen LogP) is 11.1. The average molecular weight is 853 g/mol. The minimum absolute atomic E-state index is 0.149. The molecule has 0 radical (unpaired) electrons. The van der Waals surface area contributed by atoms with Crippen molar-refractivity contribution < 1.29 is 37.9 Å². The number of halogens is 2. The van der Waals surface area contributed by atoms with E-state index in [9.17, 15) is 24.4 Å². The van der Waals surface area contributed by atoms with E-state index >= 15 is 0 Å². The van der Waals surface area contributed by atoms with Gasteiger partial charge in [-0.3, -0.25) is 9.05 Å². The smallest absolute Gasteiger partial charge is 0.409 e. The van der Waals surface area contributed by atoms with Crippen molar-refractivity contribution in [1.29, 1.82) is 0 Å². The summed E-state index contributed by atoms with van der Waals surface area (Å²) in [5.41, 5.74) is 0. The predicted molar refractivity (Wildman–Crippen MR) is 201 cm³/mol. The molecule has 0 heterocycles. The number of carbonyl (C=O) groups excluding carboxylic acids is 2. The third-order valence-electron chi connectivity index (χ3n) is 7.10. The zero-order chi connectivity index (χ0) is 37.2. The molecule has 0 saturated heterocycles. The number of rotatable bonds is 30. The Hall–Kier alpha value is 0.00870. The second kappa shape index (κ2) is 47.0. The Labute approximate surface area is 316 Å². The molecule has 0 spiro atoms. The summed E-state index contributed by atoms with van der Waals surface area (Å²) in [6.45, 7) is 9.03. The molecule has 0 unspecified atom stereocenters.